The van der Waals surface area contributed by atoms with Gasteiger partial charge >= 0.3 is 5.97 Å². The molecule has 1 atom stereocenters. The van der Waals surface area contributed by atoms with Gasteiger partial charge in [-0.25, -0.2) is 9.00 Å². The smallest absolute Gasteiger partial charge is 0.339 e. The van der Waals surface area contributed by atoms with E-state index in [9.17, 15) is 9.00 Å². The summed E-state index contributed by atoms with van der Waals surface area (Å²) in [6, 6.07) is 3.37. The van der Waals surface area contributed by atoms with E-state index in [1.54, 1.807) is 12.1 Å². The molecule has 0 amide bonds. The van der Waals surface area contributed by atoms with Crippen LogP contribution in [-0.2, 0) is 28.0 Å². The summed E-state index contributed by atoms with van der Waals surface area (Å²) in [5, 5.41) is 0.211. The lowest BCUT2D eigenvalue weighted by Crippen LogP contribution is -2.07. The number of methoxy groups -OCH3 is 1. The highest BCUT2D eigenvalue weighted by Crippen LogP contribution is 2.27. The molecule has 6 heteroatoms. The van der Waals surface area contributed by atoms with Crippen molar-refractivity contribution in [1.29, 1.82) is 0 Å². The minimum absolute atomic E-state index is 0.0806. The fourth-order valence-electron chi connectivity index (χ4n) is 1.81. The zero-order chi connectivity index (χ0) is 14.4. The van der Waals surface area contributed by atoms with Gasteiger partial charge in [-0.3, -0.25) is 0 Å². The molecule has 0 saturated carbocycles. The Bertz CT molecular complexity index is 488. The minimum Gasteiger partial charge on any atom is -0.465 e. The number of aryl methyl sites for hydroxylation is 1. The summed E-state index contributed by atoms with van der Waals surface area (Å²) in [7, 11) is 1.27. The molecule has 1 aromatic rings. The van der Waals surface area contributed by atoms with Crippen LogP contribution in [0.1, 0.15) is 41.3 Å². The highest BCUT2D eigenvalue weighted by Gasteiger charge is 2.18. The number of unbranched alkanes of at least 4 members (excludes halogenated alkanes) is 1. The molecule has 4 nitrogen and oxygen atoms in total. The normalized spacial score (nSPS) is 12.2. The second-order valence-corrected chi connectivity index (χ2v) is 5.44. The SMILES string of the molecule is CCCCc1ccc(C(=O)OC)c(Cl)c1CS(=O)O. The summed E-state index contributed by atoms with van der Waals surface area (Å²) in [5.74, 6) is -0.625. The number of benzene rings is 1. The Morgan fingerprint density at radius 2 is 2.16 bits per heavy atom. The third-order valence-electron chi connectivity index (χ3n) is 2.81. The van der Waals surface area contributed by atoms with E-state index in [0.29, 0.717) is 5.56 Å². The van der Waals surface area contributed by atoms with Crippen LogP contribution in [0.5, 0.6) is 0 Å². The summed E-state index contributed by atoms with van der Waals surface area (Å²) in [6.45, 7) is 2.06. The van der Waals surface area contributed by atoms with Crippen LogP contribution in [0.3, 0.4) is 0 Å². The van der Waals surface area contributed by atoms with Gasteiger partial charge < -0.3 is 9.29 Å². The van der Waals surface area contributed by atoms with Crippen molar-refractivity contribution >= 4 is 28.7 Å². The molecule has 1 N–H and O–H groups in total. The van der Waals surface area contributed by atoms with E-state index in [1.165, 1.54) is 7.11 Å². The number of hydrogen-bond acceptors (Lipinski definition) is 3. The Morgan fingerprint density at radius 1 is 1.47 bits per heavy atom. The number of ether oxygens (including phenoxy) is 1. The molecule has 19 heavy (non-hydrogen) atoms. The first-order valence-electron chi connectivity index (χ1n) is 5.97. The lowest BCUT2D eigenvalue weighted by molar-refractivity contribution is 0.0601. The van der Waals surface area contributed by atoms with Crippen molar-refractivity contribution in [2.45, 2.75) is 31.9 Å². The molecule has 0 aliphatic heterocycles. The van der Waals surface area contributed by atoms with E-state index in [1.807, 2.05) is 0 Å². The van der Waals surface area contributed by atoms with Gasteiger partial charge in [-0.2, -0.15) is 0 Å². The molecule has 0 radical (unpaired) electrons. The second kappa shape index (κ2) is 7.62. The largest absolute Gasteiger partial charge is 0.465 e. The standard InChI is InChI=1S/C13H17ClO4S/c1-3-4-5-9-6-7-10(13(15)18-2)12(14)11(9)8-19(16)17/h6-7H,3-5,8H2,1-2H3,(H,16,17). The van der Waals surface area contributed by atoms with Gasteiger partial charge in [0.05, 0.1) is 23.4 Å². The number of halogens is 1. The van der Waals surface area contributed by atoms with Crippen LogP contribution in [0.25, 0.3) is 0 Å². The van der Waals surface area contributed by atoms with E-state index < -0.39 is 17.0 Å². The van der Waals surface area contributed by atoms with E-state index in [2.05, 4.69) is 11.7 Å². The van der Waals surface area contributed by atoms with E-state index in [4.69, 9.17) is 16.2 Å². The van der Waals surface area contributed by atoms with Crippen LogP contribution >= 0.6 is 11.6 Å². The van der Waals surface area contributed by atoms with Gasteiger partial charge in [0.15, 0.2) is 11.1 Å². The van der Waals surface area contributed by atoms with E-state index in [0.717, 1.165) is 24.8 Å². The fourth-order valence-corrected chi connectivity index (χ4v) is 2.79. The summed E-state index contributed by atoms with van der Waals surface area (Å²) >= 11 is 4.16. The van der Waals surface area contributed by atoms with Crippen LogP contribution in [0.15, 0.2) is 12.1 Å². The second-order valence-electron chi connectivity index (χ2n) is 4.13. The van der Waals surface area contributed by atoms with Gasteiger partial charge in [0, 0.05) is 0 Å². The Balaban J connectivity index is 3.23. The maximum Gasteiger partial charge on any atom is 0.339 e. The highest BCUT2D eigenvalue weighted by molar-refractivity contribution is 7.78. The number of carbonyl (C=O) groups excluding carboxylic acids is 1. The van der Waals surface area contributed by atoms with Crippen LogP contribution in [0.4, 0.5) is 0 Å². The molecule has 1 unspecified atom stereocenters. The van der Waals surface area contributed by atoms with Gasteiger partial charge in [0.1, 0.15) is 0 Å². The van der Waals surface area contributed by atoms with E-state index >= 15 is 0 Å². The molecule has 0 heterocycles. The Labute approximate surface area is 120 Å². The number of esters is 1. The minimum atomic E-state index is -2.00. The lowest BCUT2D eigenvalue weighted by Gasteiger charge is -2.12. The summed E-state index contributed by atoms with van der Waals surface area (Å²) in [4.78, 5) is 11.6. The van der Waals surface area contributed by atoms with Crippen LogP contribution in [0, 0.1) is 0 Å². The van der Waals surface area contributed by atoms with Gasteiger partial charge in [-0.05, 0) is 30.0 Å². The van der Waals surface area contributed by atoms with Crippen molar-refractivity contribution in [2.75, 3.05) is 7.11 Å². The average Bonchev–Trinajstić information content (AvgIpc) is 2.38. The van der Waals surface area contributed by atoms with Crippen LogP contribution in [-0.4, -0.2) is 21.8 Å². The third kappa shape index (κ3) is 4.30. The molecule has 0 aliphatic rings. The average molecular weight is 305 g/mol. The molecular formula is C13H17ClO4S. The molecule has 0 bridgehead atoms. The fraction of sp³-hybridized carbons (Fsp3) is 0.462. The molecule has 0 fully saturated rings. The predicted molar refractivity (Wildman–Crippen MR) is 75.9 cm³/mol. The first-order chi connectivity index (χ1) is 9.01. The Hall–Kier alpha value is -0.910. The first-order valence-corrected chi connectivity index (χ1v) is 7.62. The maximum atomic E-state index is 11.6. The molecule has 0 saturated heterocycles. The topological polar surface area (TPSA) is 63.6 Å². The van der Waals surface area contributed by atoms with Crippen molar-refractivity contribution in [3.63, 3.8) is 0 Å². The monoisotopic (exact) mass is 304 g/mol. The quantitative estimate of drug-likeness (QED) is 0.647. The highest BCUT2D eigenvalue weighted by atomic mass is 35.5. The molecule has 0 aliphatic carbocycles. The van der Waals surface area contributed by atoms with Crippen molar-refractivity contribution in [3.8, 4) is 0 Å². The maximum absolute atomic E-state index is 11.6. The molecule has 0 spiro atoms. The Morgan fingerprint density at radius 3 is 2.68 bits per heavy atom. The van der Waals surface area contributed by atoms with Gasteiger partial charge in [-0.15, -0.1) is 0 Å². The van der Waals surface area contributed by atoms with Crippen molar-refractivity contribution in [2.24, 2.45) is 0 Å². The zero-order valence-corrected chi connectivity index (χ0v) is 12.5. The lowest BCUT2D eigenvalue weighted by atomic mass is 10.00. The first kappa shape index (κ1) is 16.1. The van der Waals surface area contributed by atoms with Gasteiger partial charge in [-0.1, -0.05) is 31.0 Å². The Kier molecular flexibility index (Phi) is 6.48. The van der Waals surface area contributed by atoms with Crippen LogP contribution < -0.4 is 0 Å². The predicted octanol–water partition coefficient (Wildman–Crippen LogP) is 3.19. The zero-order valence-electron chi connectivity index (χ0n) is 10.9. The molecule has 106 valence electrons. The van der Waals surface area contributed by atoms with Crippen molar-refractivity contribution in [1.82, 2.24) is 0 Å². The third-order valence-corrected chi connectivity index (χ3v) is 3.78. The summed E-state index contributed by atoms with van der Waals surface area (Å²) in [6.07, 6.45) is 2.74. The molecule has 0 aromatic heterocycles. The molecule has 1 aromatic carbocycles. The number of hydrogen-bond donors (Lipinski definition) is 1. The number of rotatable bonds is 6. The van der Waals surface area contributed by atoms with Crippen molar-refractivity contribution < 1.29 is 18.3 Å². The van der Waals surface area contributed by atoms with Gasteiger partial charge in [0.2, 0.25) is 0 Å². The summed E-state index contributed by atoms with van der Waals surface area (Å²) < 4.78 is 24.7. The van der Waals surface area contributed by atoms with Crippen LogP contribution in [0.2, 0.25) is 5.02 Å². The molecule has 1 rings (SSSR count). The molecular weight excluding hydrogens is 288 g/mol. The number of carbonyl (C=O) groups is 1. The van der Waals surface area contributed by atoms with Gasteiger partial charge in [0.25, 0.3) is 0 Å². The summed E-state index contributed by atoms with van der Waals surface area (Å²) in [5.41, 5.74) is 1.69. The van der Waals surface area contributed by atoms with Crippen molar-refractivity contribution in [3.05, 3.63) is 33.8 Å². The van der Waals surface area contributed by atoms with E-state index in [-0.39, 0.29) is 16.3 Å².